The Labute approximate surface area is 140 Å². The predicted octanol–water partition coefficient (Wildman–Crippen LogP) is 1.93. The molecule has 0 aliphatic carbocycles. The normalized spacial score (nSPS) is 17.3. The summed E-state index contributed by atoms with van der Waals surface area (Å²) in [5, 5.41) is 3.02. The van der Waals surface area contributed by atoms with E-state index in [2.05, 4.69) is 33.0 Å². The Balaban J connectivity index is 0.00000441. The smallest absolute Gasteiger partial charge is 0.237 e. The Kier molecular flexibility index (Phi) is 9.69. The van der Waals surface area contributed by atoms with Crippen LogP contribution in [0.3, 0.4) is 0 Å². The van der Waals surface area contributed by atoms with Gasteiger partial charge in [0.15, 0.2) is 0 Å². The molecule has 1 rings (SSSR count). The van der Waals surface area contributed by atoms with E-state index in [-0.39, 0.29) is 30.3 Å². The first-order valence-corrected chi connectivity index (χ1v) is 8.13. The van der Waals surface area contributed by atoms with Crippen LogP contribution in [0.4, 0.5) is 0 Å². The minimum atomic E-state index is -0.425. The van der Waals surface area contributed by atoms with Crippen molar-refractivity contribution < 1.29 is 9.59 Å². The van der Waals surface area contributed by atoms with Crippen molar-refractivity contribution in [2.45, 2.75) is 65.5 Å². The van der Waals surface area contributed by atoms with Crippen LogP contribution >= 0.6 is 12.4 Å². The molecule has 1 aliphatic heterocycles. The molecule has 1 atom stereocenters. The molecule has 5 nitrogen and oxygen atoms in total. The SMILES string of the molecule is CC(C)CC(=O)N1CCC(NC(=O)[C@@H](N)CC(C)C)CC1.Cl. The fourth-order valence-electron chi connectivity index (χ4n) is 2.67. The zero-order chi connectivity index (χ0) is 16.0. The molecular formula is C16H32ClN3O2. The first kappa shape index (κ1) is 21.2. The second-order valence-corrected chi connectivity index (χ2v) is 7.00. The van der Waals surface area contributed by atoms with Crippen LogP contribution in [0.5, 0.6) is 0 Å². The first-order valence-electron chi connectivity index (χ1n) is 8.13. The Hall–Kier alpha value is -0.810. The van der Waals surface area contributed by atoms with Crippen LogP contribution < -0.4 is 11.1 Å². The van der Waals surface area contributed by atoms with Crippen LogP contribution in [0.1, 0.15) is 53.4 Å². The van der Waals surface area contributed by atoms with E-state index in [1.807, 2.05) is 4.90 Å². The monoisotopic (exact) mass is 333 g/mol. The van der Waals surface area contributed by atoms with E-state index in [9.17, 15) is 9.59 Å². The van der Waals surface area contributed by atoms with E-state index in [0.29, 0.717) is 24.7 Å². The van der Waals surface area contributed by atoms with Crippen molar-refractivity contribution in [1.82, 2.24) is 10.2 Å². The Morgan fingerprint density at radius 1 is 1.14 bits per heavy atom. The summed E-state index contributed by atoms with van der Waals surface area (Å²) in [7, 11) is 0. The number of carbonyl (C=O) groups is 2. The summed E-state index contributed by atoms with van der Waals surface area (Å²) in [6, 6.07) is -0.274. The minimum Gasteiger partial charge on any atom is -0.352 e. The van der Waals surface area contributed by atoms with Crippen LogP contribution in [-0.2, 0) is 9.59 Å². The highest BCUT2D eigenvalue weighted by Gasteiger charge is 2.25. The minimum absolute atomic E-state index is 0. The summed E-state index contributed by atoms with van der Waals surface area (Å²) in [5.74, 6) is 0.979. The maximum Gasteiger partial charge on any atom is 0.237 e. The van der Waals surface area contributed by atoms with Crippen molar-refractivity contribution in [3.63, 3.8) is 0 Å². The van der Waals surface area contributed by atoms with E-state index in [1.165, 1.54) is 0 Å². The lowest BCUT2D eigenvalue weighted by molar-refractivity contribution is -0.133. The van der Waals surface area contributed by atoms with Crippen molar-refractivity contribution in [2.75, 3.05) is 13.1 Å². The zero-order valence-corrected chi connectivity index (χ0v) is 15.1. The highest BCUT2D eigenvalue weighted by molar-refractivity contribution is 5.85. The highest BCUT2D eigenvalue weighted by Crippen LogP contribution is 2.14. The van der Waals surface area contributed by atoms with Crippen molar-refractivity contribution in [2.24, 2.45) is 17.6 Å². The van der Waals surface area contributed by atoms with Crippen molar-refractivity contribution in [1.29, 1.82) is 0 Å². The summed E-state index contributed by atoms with van der Waals surface area (Å²) in [6.07, 6.45) is 2.96. The third-order valence-electron chi connectivity index (χ3n) is 3.84. The van der Waals surface area contributed by atoms with Crippen molar-refractivity contribution in [3.8, 4) is 0 Å². The van der Waals surface area contributed by atoms with Crippen LogP contribution in [0.15, 0.2) is 0 Å². The zero-order valence-electron chi connectivity index (χ0n) is 14.3. The first-order chi connectivity index (χ1) is 9.79. The molecule has 0 saturated carbocycles. The van der Waals surface area contributed by atoms with Gasteiger partial charge in [0.2, 0.25) is 11.8 Å². The Morgan fingerprint density at radius 2 is 1.68 bits per heavy atom. The molecule has 0 aromatic heterocycles. The largest absolute Gasteiger partial charge is 0.352 e. The van der Waals surface area contributed by atoms with E-state index in [4.69, 9.17) is 5.73 Å². The van der Waals surface area contributed by atoms with Gasteiger partial charge in [-0.15, -0.1) is 12.4 Å². The number of rotatable bonds is 6. The summed E-state index contributed by atoms with van der Waals surface area (Å²) >= 11 is 0. The number of hydrogen-bond donors (Lipinski definition) is 2. The van der Waals surface area contributed by atoms with Gasteiger partial charge in [0, 0.05) is 25.6 Å². The van der Waals surface area contributed by atoms with E-state index >= 15 is 0 Å². The molecule has 1 fully saturated rings. The summed E-state index contributed by atoms with van der Waals surface area (Å²) < 4.78 is 0. The fraction of sp³-hybridized carbons (Fsp3) is 0.875. The molecule has 130 valence electrons. The maximum absolute atomic E-state index is 12.0. The Morgan fingerprint density at radius 3 is 2.14 bits per heavy atom. The van der Waals surface area contributed by atoms with E-state index in [1.54, 1.807) is 0 Å². The third kappa shape index (κ3) is 7.45. The molecule has 0 bridgehead atoms. The molecule has 1 aliphatic rings. The van der Waals surface area contributed by atoms with Gasteiger partial charge in [-0.3, -0.25) is 9.59 Å². The second kappa shape index (κ2) is 10.1. The molecule has 22 heavy (non-hydrogen) atoms. The van der Waals surface area contributed by atoms with E-state index < -0.39 is 6.04 Å². The molecule has 0 aromatic carbocycles. The van der Waals surface area contributed by atoms with Gasteiger partial charge < -0.3 is 16.0 Å². The Bertz CT molecular complexity index is 353. The average molecular weight is 334 g/mol. The lowest BCUT2D eigenvalue weighted by atomic mass is 10.0. The number of piperidine rings is 1. The molecule has 0 radical (unpaired) electrons. The van der Waals surface area contributed by atoms with Crippen LogP contribution in [0.25, 0.3) is 0 Å². The van der Waals surface area contributed by atoms with Gasteiger partial charge in [-0.1, -0.05) is 27.7 Å². The molecule has 1 saturated heterocycles. The van der Waals surface area contributed by atoms with E-state index in [0.717, 1.165) is 25.9 Å². The number of nitrogens with two attached hydrogens (primary N) is 1. The molecule has 0 unspecified atom stereocenters. The summed E-state index contributed by atoms with van der Waals surface area (Å²) in [5.41, 5.74) is 5.89. The molecule has 2 amide bonds. The highest BCUT2D eigenvalue weighted by atomic mass is 35.5. The van der Waals surface area contributed by atoms with Gasteiger partial charge in [-0.25, -0.2) is 0 Å². The van der Waals surface area contributed by atoms with Gasteiger partial charge in [-0.2, -0.15) is 0 Å². The second-order valence-electron chi connectivity index (χ2n) is 7.00. The van der Waals surface area contributed by atoms with Gasteiger partial charge in [-0.05, 0) is 31.1 Å². The number of likely N-dealkylation sites (tertiary alicyclic amines) is 1. The van der Waals surface area contributed by atoms with Gasteiger partial charge >= 0.3 is 0 Å². The van der Waals surface area contributed by atoms with Gasteiger partial charge in [0.25, 0.3) is 0 Å². The quantitative estimate of drug-likeness (QED) is 0.780. The van der Waals surface area contributed by atoms with Gasteiger partial charge in [0.05, 0.1) is 6.04 Å². The lowest BCUT2D eigenvalue weighted by Crippen LogP contribution is -2.50. The molecule has 0 spiro atoms. The molecular weight excluding hydrogens is 302 g/mol. The molecule has 1 heterocycles. The maximum atomic E-state index is 12.0. The molecule has 0 aromatic rings. The topological polar surface area (TPSA) is 75.4 Å². The molecule has 6 heteroatoms. The number of hydrogen-bond acceptors (Lipinski definition) is 3. The third-order valence-corrected chi connectivity index (χ3v) is 3.84. The number of carbonyl (C=O) groups excluding carboxylic acids is 2. The standard InChI is InChI=1S/C16H31N3O2.ClH/c1-11(2)9-14(17)16(21)18-13-5-7-19(8-6-13)15(20)10-12(3)4;/h11-14H,5-10,17H2,1-4H3,(H,18,21);1H/t14-;/m0./s1. The fourth-order valence-corrected chi connectivity index (χ4v) is 2.67. The van der Waals surface area contributed by atoms with Gasteiger partial charge in [0.1, 0.15) is 0 Å². The molecule has 3 N–H and O–H groups in total. The predicted molar refractivity (Wildman–Crippen MR) is 91.9 cm³/mol. The number of nitrogens with zero attached hydrogens (tertiary/aromatic N) is 1. The summed E-state index contributed by atoms with van der Waals surface area (Å²) in [6.45, 7) is 9.70. The van der Waals surface area contributed by atoms with Crippen LogP contribution in [-0.4, -0.2) is 41.9 Å². The van der Waals surface area contributed by atoms with Crippen LogP contribution in [0, 0.1) is 11.8 Å². The van der Waals surface area contributed by atoms with Crippen LogP contribution in [0.2, 0.25) is 0 Å². The average Bonchev–Trinajstić information content (AvgIpc) is 2.37. The van der Waals surface area contributed by atoms with Crippen molar-refractivity contribution in [3.05, 3.63) is 0 Å². The summed E-state index contributed by atoms with van der Waals surface area (Å²) in [4.78, 5) is 25.9. The van der Waals surface area contributed by atoms with Crippen molar-refractivity contribution >= 4 is 24.2 Å². The number of amides is 2. The number of halogens is 1. The number of nitrogens with one attached hydrogen (secondary N) is 1. The lowest BCUT2D eigenvalue weighted by Gasteiger charge is -2.33.